The van der Waals surface area contributed by atoms with E-state index in [4.69, 9.17) is 27.9 Å². The number of carbonyl (C=O) groups is 2. The summed E-state index contributed by atoms with van der Waals surface area (Å²) in [5.74, 6) is -1.59. The van der Waals surface area contributed by atoms with Crippen molar-refractivity contribution in [3.63, 3.8) is 0 Å². The molecule has 2 rings (SSSR count). The minimum Gasteiger partial charge on any atom is -0.467 e. The summed E-state index contributed by atoms with van der Waals surface area (Å²) in [4.78, 5) is 24.2. The Kier molecular flexibility index (Phi) is 6.17. The minimum atomic E-state index is -0.939. The fourth-order valence-electron chi connectivity index (χ4n) is 2.09. The first-order chi connectivity index (χ1) is 11.4. The van der Waals surface area contributed by atoms with Gasteiger partial charge in [0.05, 0.1) is 7.11 Å². The molecule has 1 atom stereocenters. The molecule has 7 heteroatoms. The number of methoxy groups -OCH3 is 1. The molecule has 0 aromatic heterocycles. The Bertz CT molecular complexity index is 750. The molecule has 1 amide bonds. The lowest BCUT2D eigenvalue weighted by molar-refractivity contribution is -0.142. The molecular formula is C17H14Cl2FNO3. The van der Waals surface area contributed by atoms with Gasteiger partial charge in [-0.1, -0.05) is 29.3 Å². The van der Waals surface area contributed by atoms with Gasteiger partial charge in [0.25, 0.3) is 5.91 Å². The number of amides is 1. The fourth-order valence-corrected chi connectivity index (χ4v) is 2.57. The number of benzene rings is 2. The third-order valence-electron chi connectivity index (χ3n) is 3.34. The smallest absolute Gasteiger partial charge is 0.328 e. The van der Waals surface area contributed by atoms with Gasteiger partial charge in [0.2, 0.25) is 0 Å². The highest BCUT2D eigenvalue weighted by molar-refractivity contribution is 6.35. The molecule has 0 aliphatic rings. The van der Waals surface area contributed by atoms with E-state index in [1.54, 1.807) is 18.2 Å². The van der Waals surface area contributed by atoms with Gasteiger partial charge in [-0.25, -0.2) is 9.18 Å². The van der Waals surface area contributed by atoms with Gasteiger partial charge >= 0.3 is 5.97 Å². The zero-order valence-electron chi connectivity index (χ0n) is 12.7. The number of hydrogen-bond acceptors (Lipinski definition) is 3. The van der Waals surface area contributed by atoms with E-state index in [2.05, 4.69) is 5.32 Å². The van der Waals surface area contributed by atoms with Crippen molar-refractivity contribution in [1.29, 1.82) is 0 Å². The highest BCUT2D eigenvalue weighted by Crippen LogP contribution is 2.22. The molecule has 0 radical (unpaired) electrons. The van der Waals surface area contributed by atoms with E-state index in [1.807, 2.05) is 0 Å². The Balaban J connectivity index is 2.17. The maximum absolute atomic E-state index is 12.9. The monoisotopic (exact) mass is 369 g/mol. The maximum atomic E-state index is 12.9. The molecule has 0 spiro atoms. The lowest BCUT2D eigenvalue weighted by Gasteiger charge is -2.17. The highest BCUT2D eigenvalue weighted by Gasteiger charge is 2.23. The van der Waals surface area contributed by atoms with E-state index in [-0.39, 0.29) is 12.0 Å². The summed E-state index contributed by atoms with van der Waals surface area (Å²) in [5, 5.41) is 3.41. The molecule has 2 aromatic rings. The normalized spacial score (nSPS) is 11.7. The van der Waals surface area contributed by atoms with E-state index in [0.717, 1.165) is 12.1 Å². The van der Waals surface area contributed by atoms with Crippen LogP contribution in [0.2, 0.25) is 10.0 Å². The molecule has 0 saturated carbocycles. The lowest BCUT2D eigenvalue weighted by Crippen LogP contribution is -2.43. The van der Waals surface area contributed by atoms with Crippen molar-refractivity contribution in [2.75, 3.05) is 7.11 Å². The third-order valence-corrected chi connectivity index (χ3v) is 3.92. The van der Waals surface area contributed by atoms with Crippen LogP contribution in [0.5, 0.6) is 0 Å². The third kappa shape index (κ3) is 4.69. The SMILES string of the molecule is COC(=O)[C@@H](Cc1ccc(Cl)cc1Cl)NC(=O)c1ccc(F)cc1. The number of ether oxygens (including phenoxy) is 1. The second-order valence-electron chi connectivity index (χ2n) is 5.00. The summed E-state index contributed by atoms with van der Waals surface area (Å²) >= 11 is 11.9. The molecule has 2 aromatic carbocycles. The number of rotatable bonds is 5. The molecule has 0 heterocycles. The van der Waals surface area contributed by atoms with E-state index >= 15 is 0 Å². The van der Waals surface area contributed by atoms with Crippen molar-refractivity contribution in [3.05, 3.63) is 69.5 Å². The van der Waals surface area contributed by atoms with Gasteiger partial charge in [0.1, 0.15) is 11.9 Å². The molecule has 0 aliphatic carbocycles. The van der Waals surface area contributed by atoms with Crippen LogP contribution in [0.4, 0.5) is 4.39 Å². The summed E-state index contributed by atoms with van der Waals surface area (Å²) in [5.41, 5.74) is 0.864. The van der Waals surface area contributed by atoms with Crippen molar-refractivity contribution < 1.29 is 18.7 Å². The zero-order chi connectivity index (χ0) is 17.7. The highest BCUT2D eigenvalue weighted by atomic mass is 35.5. The van der Waals surface area contributed by atoms with Crippen molar-refractivity contribution in [2.24, 2.45) is 0 Å². The van der Waals surface area contributed by atoms with Crippen molar-refractivity contribution in [1.82, 2.24) is 5.32 Å². The van der Waals surface area contributed by atoms with Gasteiger partial charge in [-0.15, -0.1) is 0 Å². The Morgan fingerprint density at radius 2 is 1.83 bits per heavy atom. The van der Waals surface area contributed by atoms with Crippen LogP contribution in [0.1, 0.15) is 15.9 Å². The van der Waals surface area contributed by atoms with Gasteiger partial charge in [-0.2, -0.15) is 0 Å². The van der Waals surface area contributed by atoms with Gasteiger partial charge in [-0.3, -0.25) is 4.79 Å². The molecular weight excluding hydrogens is 356 g/mol. The number of nitrogens with one attached hydrogen (secondary N) is 1. The minimum absolute atomic E-state index is 0.135. The Morgan fingerprint density at radius 1 is 1.17 bits per heavy atom. The van der Waals surface area contributed by atoms with Gasteiger partial charge in [-0.05, 0) is 42.0 Å². The number of esters is 1. The molecule has 4 nitrogen and oxygen atoms in total. The van der Waals surface area contributed by atoms with Crippen molar-refractivity contribution in [2.45, 2.75) is 12.5 Å². The zero-order valence-corrected chi connectivity index (χ0v) is 14.2. The van der Waals surface area contributed by atoms with Gasteiger partial charge in [0.15, 0.2) is 0 Å². The van der Waals surface area contributed by atoms with E-state index < -0.39 is 23.7 Å². The average molecular weight is 370 g/mol. The first-order valence-corrected chi connectivity index (χ1v) is 7.74. The first kappa shape index (κ1) is 18.2. The molecule has 0 fully saturated rings. The lowest BCUT2D eigenvalue weighted by atomic mass is 10.1. The Labute approximate surface area is 148 Å². The Hall–Kier alpha value is -2.11. The van der Waals surface area contributed by atoms with Crippen molar-refractivity contribution >= 4 is 35.1 Å². The predicted molar refractivity (Wildman–Crippen MR) is 89.8 cm³/mol. The summed E-state index contributed by atoms with van der Waals surface area (Å²) in [6.45, 7) is 0. The van der Waals surface area contributed by atoms with Crippen LogP contribution in [0.15, 0.2) is 42.5 Å². The van der Waals surface area contributed by atoms with Crippen molar-refractivity contribution in [3.8, 4) is 0 Å². The van der Waals surface area contributed by atoms with Gasteiger partial charge in [0, 0.05) is 22.0 Å². The van der Waals surface area contributed by atoms with E-state index in [0.29, 0.717) is 15.6 Å². The molecule has 0 saturated heterocycles. The molecule has 0 unspecified atom stereocenters. The maximum Gasteiger partial charge on any atom is 0.328 e. The number of hydrogen-bond donors (Lipinski definition) is 1. The molecule has 24 heavy (non-hydrogen) atoms. The second-order valence-corrected chi connectivity index (χ2v) is 5.84. The fraction of sp³-hybridized carbons (Fsp3) is 0.176. The Morgan fingerprint density at radius 3 is 2.42 bits per heavy atom. The predicted octanol–water partition coefficient (Wildman–Crippen LogP) is 3.65. The van der Waals surface area contributed by atoms with Crippen LogP contribution in [0, 0.1) is 5.82 Å². The summed E-state index contributed by atoms with van der Waals surface area (Å²) in [6, 6.07) is 8.91. The van der Waals surface area contributed by atoms with Crippen LogP contribution in [-0.4, -0.2) is 25.0 Å². The summed E-state index contributed by atoms with van der Waals surface area (Å²) in [7, 11) is 1.23. The largest absolute Gasteiger partial charge is 0.467 e. The topological polar surface area (TPSA) is 55.4 Å². The van der Waals surface area contributed by atoms with Crippen LogP contribution in [0.25, 0.3) is 0 Å². The number of halogens is 3. The summed E-state index contributed by atoms with van der Waals surface area (Å²) < 4.78 is 17.6. The van der Waals surface area contributed by atoms with Crippen LogP contribution in [-0.2, 0) is 16.0 Å². The standard InChI is InChI=1S/C17H14Cl2FNO3/c1-24-17(23)15(8-11-2-5-12(18)9-14(11)19)21-16(22)10-3-6-13(20)7-4-10/h2-7,9,15H,8H2,1H3,(H,21,22)/t15-/m1/s1. The number of carbonyl (C=O) groups excluding carboxylic acids is 2. The molecule has 126 valence electrons. The average Bonchev–Trinajstić information content (AvgIpc) is 2.56. The van der Waals surface area contributed by atoms with Crippen LogP contribution < -0.4 is 5.32 Å². The molecule has 1 N–H and O–H groups in total. The quantitative estimate of drug-likeness (QED) is 0.818. The van der Waals surface area contributed by atoms with Crippen LogP contribution in [0.3, 0.4) is 0 Å². The van der Waals surface area contributed by atoms with E-state index in [9.17, 15) is 14.0 Å². The van der Waals surface area contributed by atoms with Crippen LogP contribution >= 0.6 is 23.2 Å². The van der Waals surface area contributed by atoms with E-state index in [1.165, 1.54) is 19.2 Å². The van der Waals surface area contributed by atoms with Gasteiger partial charge < -0.3 is 10.1 Å². The summed E-state index contributed by atoms with van der Waals surface area (Å²) in [6.07, 6.45) is 0.135. The first-order valence-electron chi connectivity index (χ1n) is 6.99. The second kappa shape index (κ2) is 8.13. The molecule has 0 aliphatic heterocycles. The molecule has 0 bridgehead atoms.